The molecule has 110 valence electrons. The Morgan fingerprint density at radius 2 is 1.91 bits per heavy atom. The Morgan fingerprint density at radius 3 is 2.57 bits per heavy atom. The molecule has 3 rings (SSSR count). The van der Waals surface area contributed by atoms with E-state index in [9.17, 15) is 10.1 Å². The second kappa shape index (κ2) is 5.75. The van der Waals surface area contributed by atoms with Crippen LogP contribution in [0.1, 0.15) is 11.3 Å². The van der Waals surface area contributed by atoms with E-state index in [0.29, 0.717) is 10.9 Å². The van der Waals surface area contributed by atoms with Crippen molar-refractivity contribution in [2.45, 2.75) is 13.5 Å². The maximum Gasteiger partial charge on any atom is 0.279 e. The minimum atomic E-state index is -0.422. The van der Waals surface area contributed by atoms with Crippen molar-refractivity contribution in [3.63, 3.8) is 0 Å². The predicted octanol–water partition coefficient (Wildman–Crippen LogP) is 2.77. The van der Waals surface area contributed by atoms with E-state index in [0.717, 1.165) is 11.1 Å². The topological polar surface area (TPSA) is 82.5 Å². The van der Waals surface area contributed by atoms with Gasteiger partial charge in [0.25, 0.3) is 5.56 Å². The first-order valence-electron chi connectivity index (χ1n) is 7.03. The van der Waals surface area contributed by atoms with Gasteiger partial charge in [0.2, 0.25) is 0 Å². The lowest BCUT2D eigenvalue weighted by Gasteiger charge is -2.13. The fourth-order valence-corrected chi connectivity index (χ4v) is 2.62. The van der Waals surface area contributed by atoms with Crippen LogP contribution in [-0.2, 0) is 6.54 Å². The molecule has 0 unspecified atom stereocenters. The van der Waals surface area contributed by atoms with Crippen LogP contribution in [0, 0.1) is 29.6 Å². The SMILES string of the molecule is Cc1ccc(-c2c(C#N)n(CC#N)c(=O)c3ncccc23)cc1. The Hall–Kier alpha value is -3.44. The van der Waals surface area contributed by atoms with Crippen LogP contribution < -0.4 is 5.56 Å². The minimum Gasteiger partial charge on any atom is -0.283 e. The standard InChI is InChI=1S/C18H12N4O/c1-12-4-6-13(7-5-12)16-14-3-2-9-21-17(14)18(23)22(10-8-19)15(16)11-20/h2-7,9H,10H2,1H3. The number of pyridine rings is 2. The molecule has 0 spiro atoms. The quantitative estimate of drug-likeness (QED) is 0.728. The number of hydrogen-bond donors (Lipinski definition) is 0. The summed E-state index contributed by atoms with van der Waals surface area (Å²) in [7, 11) is 0. The highest BCUT2D eigenvalue weighted by molar-refractivity contribution is 5.96. The molecule has 2 heterocycles. The zero-order valence-corrected chi connectivity index (χ0v) is 12.4. The van der Waals surface area contributed by atoms with Gasteiger partial charge >= 0.3 is 0 Å². The fraction of sp³-hybridized carbons (Fsp3) is 0.111. The Bertz CT molecular complexity index is 1030. The molecule has 0 saturated heterocycles. The van der Waals surface area contributed by atoms with Crippen molar-refractivity contribution in [1.82, 2.24) is 9.55 Å². The minimum absolute atomic E-state index is 0.181. The second-order valence-corrected chi connectivity index (χ2v) is 5.15. The first-order valence-corrected chi connectivity index (χ1v) is 7.03. The molecule has 0 aliphatic heterocycles. The van der Waals surface area contributed by atoms with Gasteiger partial charge < -0.3 is 0 Å². The van der Waals surface area contributed by atoms with E-state index in [-0.39, 0.29) is 17.8 Å². The summed E-state index contributed by atoms with van der Waals surface area (Å²) in [4.78, 5) is 16.7. The summed E-state index contributed by atoms with van der Waals surface area (Å²) >= 11 is 0. The van der Waals surface area contributed by atoms with E-state index < -0.39 is 5.56 Å². The third-order valence-electron chi connectivity index (χ3n) is 3.71. The smallest absolute Gasteiger partial charge is 0.279 e. The Labute approximate surface area is 132 Å². The van der Waals surface area contributed by atoms with E-state index >= 15 is 0 Å². The number of fused-ring (bicyclic) bond motifs is 1. The van der Waals surface area contributed by atoms with Crippen molar-refractivity contribution < 1.29 is 0 Å². The molecule has 3 aromatic rings. The van der Waals surface area contributed by atoms with Gasteiger partial charge in [0.15, 0.2) is 0 Å². The highest BCUT2D eigenvalue weighted by Gasteiger charge is 2.18. The summed E-state index contributed by atoms with van der Waals surface area (Å²) in [5, 5.41) is 19.2. The van der Waals surface area contributed by atoms with Crippen molar-refractivity contribution in [1.29, 1.82) is 10.5 Å². The molecule has 0 aliphatic carbocycles. The summed E-state index contributed by atoms with van der Waals surface area (Å²) in [5.74, 6) is 0. The lowest BCUT2D eigenvalue weighted by Crippen LogP contribution is -2.24. The predicted molar refractivity (Wildman–Crippen MR) is 86.5 cm³/mol. The van der Waals surface area contributed by atoms with Gasteiger partial charge in [-0.1, -0.05) is 35.9 Å². The summed E-state index contributed by atoms with van der Waals surface area (Å²) in [6.45, 7) is 1.79. The van der Waals surface area contributed by atoms with Gasteiger partial charge in [0.05, 0.1) is 6.07 Å². The van der Waals surface area contributed by atoms with Crippen LogP contribution in [0.25, 0.3) is 22.0 Å². The maximum atomic E-state index is 12.5. The second-order valence-electron chi connectivity index (χ2n) is 5.15. The number of rotatable bonds is 2. The van der Waals surface area contributed by atoms with Crippen LogP contribution in [-0.4, -0.2) is 9.55 Å². The van der Waals surface area contributed by atoms with Gasteiger partial charge in [0, 0.05) is 17.1 Å². The molecular weight excluding hydrogens is 288 g/mol. The molecule has 1 aromatic carbocycles. The molecule has 5 heteroatoms. The lowest BCUT2D eigenvalue weighted by atomic mass is 9.98. The molecule has 23 heavy (non-hydrogen) atoms. The fourth-order valence-electron chi connectivity index (χ4n) is 2.62. The number of aryl methyl sites for hydroxylation is 1. The largest absolute Gasteiger partial charge is 0.283 e. The van der Waals surface area contributed by atoms with E-state index in [4.69, 9.17) is 5.26 Å². The summed E-state index contributed by atoms with van der Waals surface area (Å²) in [6, 6.07) is 15.2. The molecule has 0 N–H and O–H groups in total. The van der Waals surface area contributed by atoms with Crippen LogP contribution in [0.4, 0.5) is 0 Å². The molecular formula is C18H12N4O. The number of nitriles is 2. The molecule has 0 fully saturated rings. The van der Waals surface area contributed by atoms with Crippen LogP contribution in [0.5, 0.6) is 0 Å². The van der Waals surface area contributed by atoms with Crippen LogP contribution in [0.2, 0.25) is 0 Å². The van der Waals surface area contributed by atoms with Crippen LogP contribution >= 0.6 is 0 Å². The van der Waals surface area contributed by atoms with Crippen molar-refractivity contribution in [2.75, 3.05) is 0 Å². The van der Waals surface area contributed by atoms with E-state index in [1.165, 1.54) is 10.8 Å². The van der Waals surface area contributed by atoms with Crippen molar-refractivity contribution in [3.05, 3.63) is 64.2 Å². The third kappa shape index (κ3) is 2.35. The molecule has 0 bridgehead atoms. The van der Waals surface area contributed by atoms with Gasteiger partial charge in [-0.2, -0.15) is 10.5 Å². The van der Waals surface area contributed by atoms with E-state index in [1.54, 1.807) is 12.1 Å². The zero-order valence-electron chi connectivity index (χ0n) is 12.4. The molecule has 5 nitrogen and oxygen atoms in total. The Kier molecular flexibility index (Phi) is 3.62. The van der Waals surface area contributed by atoms with Gasteiger partial charge in [-0.25, -0.2) is 0 Å². The summed E-state index contributed by atoms with van der Waals surface area (Å²) in [6.07, 6.45) is 1.53. The van der Waals surface area contributed by atoms with Gasteiger partial charge in [-0.3, -0.25) is 14.3 Å². The average molecular weight is 300 g/mol. The van der Waals surface area contributed by atoms with Crippen LogP contribution in [0.15, 0.2) is 47.4 Å². The first-order chi connectivity index (χ1) is 11.2. The lowest BCUT2D eigenvalue weighted by molar-refractivity contribution is 0.783. The highest BCUT2D eigenvalue weighted by Crippen LogP contribution is 2.29. The molecule has 0 amide bonds. The summed E-state index contributed by atoms with van der Waals surface area (Å²) < 4.78 is 1.19. The molecule has 2 aromatic heterocycles. The molecule has 0 saturated carbocycles. The van der Waals surface area contributed by atoms with Crippen molar-refractivity contribution in [2.24, 2.45) is 0 Å². The average Bonchev–Trinajstić information content (AvgIpc) is 2.58. The normalized spacial score (nSPS) is 10.2. The first kappa shape index (κ1) is 14.5. The van der Waals surface area contributed by atoms with Crippen molar-refractivity contribution >= 4 is 10.9 Å². The van der Waals surface area contributed by atoms with Gasteiger partial charge in [-0.05, 0) is 18.6 Å². The Balaban J connectivity index is 2.51. The van der Waals surface area contributed by atoms with E-state index in [1.807, 2.05) is 37.3 Å². The monoisotopic (exact) mass is 300 g/mol. The van der Waals surface area contributed by atoms with Gasteiger partial charge in [0.1, 0.15) is 23.8 Å². The van der Waals surface area contributed by atoms with Crippen LogP contribution in [0.3, 0.4) is 0 Å². The summed E-state index contributed by atoms with van der Waals surface area (Å²) in [5.41, 5.74) is 2.56. The molecule has 0 radical (unpaired) electrons. The molecule has 0 aliphatic rings. The van der Waals surface area contributed by atoms with E-state index in [2.05, 4.69) is 11.1 Å². The number of nitrogens with zero attached hydrogens (tertiary/aromatic N) is 4. The number of aromatic nitrogens is 2. The number of hydrogen-bond acceptors (Lipinski definition) is 4. The number of benzene rings is 1. The third-order valence-corrected chi connectivity index (χ3v) is 3.71. The molecule has 0 atom stereocenters. The highest BCUT2D eigenvalue weighted by atomic mass is 16.1. The van der Waals surface area contributed by atoms with Gasteiger partial charge in [-0.15, -0.1) is 0 Å². The maximum absolute atomic E-state index is 12.5. The zero-order chi connectivity index (χ0) is 16.4. The Morgan fingerprint density at radius 1 is 1.17 bits per heavy atom. The van der Waals surface area contributed by atoms with Crippen molar-refractivity contribution in [3.8, 4) is 23.3 Å².